The Labute approximate surface area is 100 Å². The molecule has 0 bridgehead atoms. The number of nitrogens with zero attached hydrogens (tertiary/aromatic N) is 1. The number of rotatable bonds is 6. The minimum absolute atomic E-state index is 0.00287. The van der Waals surface area contributed by atoms with Crippen LogP contribution < -0.4 is 5.32 Å². The predicted octanol–water partition coefficient (Wildman–Crippen LogP) is -1.11. The first-order valence-corrected chi connectivity index (χ1v) is 6.74. The number of aliphatic hydroxyl groups is 2. The van der Waals surface area contributed by atoms with Crippen LogP contribution in [0.25, 0.3) is 0 Å². The molecule has 1 atom stereocenters. The summed E-state index contributed by atoms with van der Waals surface area (Å²) in [5, 5.41) is 20.9. The maximum absolute atomic E-state index is 11.8. The molecule has 0 aromatic rings. The van der Waals surface area contributed by atoms with Gasteiger partial charge in [-0.2, -0.15) is 11.8 Å². The van der Waals surface area contributed by atoms with Crippen molar-refractivity contribution in [2.24, 2.45) is 0 Å². The van der Waals surface area contributed by atoms with E-state index in [-0.39, 0.29) is 25.2 Å². The molecule has 94 valence electrons. The highest BCUT2D eigenvalue weighted by atomic mass is 32.2. The van der Waals surface area contributed by atoms with E-state index >= 15 is 0 Å². The summed E-state index contributed by atoms with van der Waals surface area (Å²) in [6.07, 6.45) is 0.451. The molecule has 0 aliphatic carbocycles. The summed E-state index contributed by atoms with van der Waals surface area (Å²) in [4.78, 5) is 13.4. The van der Waals surface area contributed by atoms with E-state index in [9.17, 15) is 4.79 Å². The first-order valence-electron chi connectivity index (χ1n) is 5.58. The van der Waals surface area contributed by atoms with Crippen molar-refractivity contribution < 1.29 is 15.0 Å². The first kappa shape index (κ1) is 13.8. The second-order valence-electron chi connectivity index (χ2n) is 3.76. The molecule has 1 rings (SSSR count). The molecule has 1 amide bonds. The number of nitrogens with one attached hydrogen (secondary N) is 1. The Kier molecular flexibility index (Phi) is 6.79. The van der Waals surface area contributed by atoms with Crippen LogP contribution in [0.5, 0.6) is 0 Å². The van der Waals surface area contributed by atoms with E-state index in [1.807, 2.05) is 11.8 Å². The van der Waals surface area contributed by atoms with Crippen LogP contribution in [0.3, 0.4) is 0 Å². The van der Waals surface area contributed by atoms with E-state index in [1.165, 1.54) is 4.90 Å². The third-order valence-corrected chi connectivity index (χ3v) is 3.64. The molecule has 0 radical (unpaired) electrons. The number of aliphatic hydroxyl groups excluding tert-OH is 2. The summed E-state index contributed by atoms with van der Waals surface area (Å²) >= 11 is 1.85. The minimum Gasteiger partial charge on any atom is -0.395 e. The molecule has 0 aromatic carbocycles. The van der Waals surface area contributed by atoms with E-state index in [0.717, 1.165) is 18.1 Å². The molecule has 1 aliphatic heterocycles. The number of carbonyl (C=O) groups is 1. The van der Waals surface area contributed by atoms with Crippen LogP contribution in [-0.2, 0) is 4.79 Å². The number of hydrogen-bond acceptors (Lipinski definition) is 5. The third kappa shape index (κ3) is 4.69. The van der Waals surface area contributed by atoms with E-state index in [1.54, 1.807) is 0 Å². The van der Waals surface area contributed by atoms with Crippen LogP contribution in [0.15, 0.2) is 0 Å². The molecule has 1 unspecified atom stereocenters. The number of thioether (sulfide) groups is 1. The third-order valence-electron chi connectivity index (χ3n) is 2.51. The van der Waals surface area contributed by atoms with Crippen molar-refractivity contribution in [2.75, 3.05) is 44.4 Å². The Bertz CT molecular complexity index is 204. The zero-order chi connectivity index (χ0) is 11.8. The zero-order valence-electron chi connectivity index (χ0n) is 9.39. The fourth-order valence-corrected chi connectivity index (χ4v) is 2.64. The molecule has 6 heteroatoms. The average Bonchev–Trinajstić information content (AvgIpc) is 2.30. The lowest BCUT2D eigenvalue weighted by Crippen LogP contribution is -2.44. The summed E-state index contributed by atoms with van der Waals surface area (Å²) in [7, 11) is 0. The lowest BCUT2D eigenvalue weighted by molar-refractivity contribution is -0.132. The van der Waals surface area contributed by atoms with Gasteiger partial charge in [-0.1, -0.05) is 0 Å². The Hall–Kier alpha value is -0.300. The largest absolute Gasteiger partial charge is 0.395 e. The fourth-order valence-electron chi connectivity index (χ4n) is 1.69. The Morgan fingerprint density at radius 1 is 1.38 bits per heavy atom. The van der Waals surface area contributed by atoms with E-state index in [4.69, 9.17) is 10.2 Å². The molecule has 0 saturated carbocycles. The molecule has 16 heavy (non-hydrogen) atoms. The van der Waals surface area contributed by atoms with Crippen molar-refractivity contribution in [3.05, 3.63) is 0 Å². The number of amides is 1. The maximum atomic E-state index is 11.8. The summed E-state index contributed by atoms with van der Waals surface area (Å²) < 4.78 is 0. The molecule has 1 aliphatic rings. The van der Waals surface area contributed by atoms with Crippen LogP contribution in [-0.4, -0.2) is 71.4 Å². The zero-order valence-corrected chi connectivity index (χ0v) is 10.2. The van der Waals surface area contributed by atoms with Crippen molar-refractivity contribution in [1.82, 2.24) is 10.2 Å². The van der Waals surface area contributed by atoms with Gasteiger partial charge in [0.2, 0.25) is 5.91 Å². The van der Waals surface area contributed by atoms with Crippen LogP contribution in [0, 0.1) is 0 Å². The van der Waals surface area contributed by atoms with Crippen molar-refractivity contribution in [3.63, 3.8) is 0 Å². The smallest absolute Gasteiger partial charge is 0.224 e. The quantitative estimate of drug-likeness (QED) is 0.556. The van der Waals surface area contributed by atoms with Crippen LogP contribution in [0.4, 0.5) is 0 Å². The summed E-state index contributed by atoms with van der Waals surface area (Å²) in [6.45, 7) is 1.44. The topological polar surface area (TPSA) is 72.8 Å². The normalized spacial score (nSPS) is 20.8. The second-order valence-corrected chi connectivity index (χ2v) is 4.91. The molecule has 1 fully saturated rings. The van der Waals surface area contributed by atoms with Crippen molar-refractivity contribution >= 4 is 17.7 Å². The molecular weight excluding hydrogens is 228 g/mol. The average molecular weight is 248 g/mol. The molecule has 1 heterocycles. The highest BCUT2D eigenvalue weighted by molar-refractivity contribution is 7.99. The minimum atomic E-state index is -0.0570. The molecule has 0 aromatic heterocycles. The van der Waals surface area contributed by atoms with Gasteiger partial charge in [0.05, 0.1) is 13.2 Å². The fraction of sp³-hybridized carbons (Fsp3) is 0.900. The van der Waals surface area contributed by atoms with Crippen molar-refractivity contribution in [3.8, 4) is 0 Å². The Morgan fingerprint density at radius 2 is 2.06 bits per heavy atom. The Balaban J connectivity index is 2.34. The van der Waals surface area contributed by atoms with Crippen LogP contribution in [0.1, 0.15) is 6.42 Å². The lowest BCUT2D eigenvalue weighted by atomic mass is 10.2. The summed E-state index contributed by atoms with van der Waals surface area (Å²) in [5.41, 5.74) is 0. The van der Waals surface area contributed by atoms with Crippen LogP contribution >= 0.6 is 11.8 Å². The van der Waals surface area contributed by atoms with Crippen LogP contribution in [0.2, 0.25) is 0 Å². The van der Waals surface area contributed by atoms with E-state index < -0.39 is 0 Å². The van der Waals surface area contributed by atoms with Gasteiger partial charge in [-0.25, -0.2) is 0 Å². The van der Waals surface area contributed by atoms with Gasteiger partial charge < -0.3 is 20.4 Å². The molecule has 5 nitrogen and oxygen atoms in total. The molecule has 0 spiro atoms. The maximum Gasteiger partial charge on any atom is 0.224 e. The number of hydrogen-bond donors (Lipinski definition) is 3. The number of carbonyl (C=O) groups excluding carboxylic acids is 1. The van der Waals surface area contributed by atoms with Crippen molar-refractivity contribution in [1.29, 1.82) is 0 Å². The molecule has 3 N–H and O–H groups in total. The van der Waals surface area contributed by atoms with Gasteiger partial charge in [-0.15, -0.1) is 0 Å². The van der Waals surface area contributed by atoms with Gasteiger partial charge in [0.15, 0.2) is 0 Å². The van der Waals surface area contributed by atoms with Gasteiger partial charge in [0.25, 0.3) is 0 Å². The highest BCUT2D eigenvalue weighted by Gasteiger charge is 2.20. The van der Waals surface area contributed by atoms with Crippen molar-refractivity contribution in [2.45, 2.75) is 12.5 Å². The van der Waals surface area contributed by atoms with E-state index in [2.05, 4.69) is 5.32 Å². The predicted molar refractivity (Wildman–Crippen MR) is 64.5 cm³/mol. The second kappa shape index (κ2) is 7.89. The monoisotopic (exact) mass is 248 g/mol. The van der Waals surface area contributed by atoms with Gasteiger partial charge in [0, 0.05) is 43.6 Å². The van der Waals surface area contributed by atoms with Gasteiger partial charge in [-0.3, -0.25) is 4.79 Å². The Morgan fingerprint density at radius 3 is 2.56 bits per heavy atom. The lowest BCUT2D eigenvalue weighted by Gasteiger charge is -2.26. The van der Waals surface area contributed by atoms with Gasteiger partial charge in [-0.05, 0) is 0 Å². The summed E-state index contributed by atoms with van der Waals surface area (Å²) in [5.74, 6) is 2.06. The first-order chi connectivity index (χ1) is 7.77. The van der Waals surface area contributed by atoms with Gasteiger partial charge >= 0.3 is 0 Å². The van der Waals surface area contributed by atoms with E-state index in [0.29, 0.717) is 19.5 Å². The van der Waals surface area contributed by atoms with Gasteiger partial charge in [0.1, 0.15) is 0 Å². The molecular formula is C10H20N2O3S. The highest BCUT2D eigenvalue weighted by Crippen LogP contribution is 2.11. The molecule has 1 saturated heterocycles. The summed E-state index contributed by atoms with van der Waals surface area (Å²) in [6, 6.07) is 0.228. The standard InChI is InChI=1S/C10H20N2O3S/c13-4-2-12(3-5-14)10(15)7-9-8-16-6-1-11-9/h9,11,13-14H,1-8H2. The SMILES string of the molecule is O=C(CC1CSCCN1)N(CCO)CCO.